The fraction of sp³-hybridized carbons (Fsp3) is 0.966. The summed E-state index contributed by atoms with van der Waals surface area (Å²) in [6.07, 6.45) is 11.2. The van der Waals surface area contributed by atoms with Crippen LogP contribution in [0.4, 0.5) is 0 Å². The van der Waals surface area contributed by atoms with Crippen LogP contribution in [0.2, 0.25) is 0 Å². The molecule has 34 heavy (non-hydrogen) atoms. The standard InChI is InChI=1S/C29H48N2O3/c1-18-15-20(8-13-30-19(2)32)34-21-16-27(6)22-9-14-31-25(3,4)23(33)7-10-29(31)17-28(22,29)12-11-26(27,5)24(18)21/h18,20-24,33H,7-17H2,1-6H3,(H,30,32)/t18-,20?,21?,22+,23+,24?,26-,27+,28+,29+/m1/s1. The Bertz CT molecular complexity index is 875. The Morgan fingerprint density at radius 3 is 2.62 bits per heavy atom. The second-order valence-corrected chi connectivity index (χ2v) is 14.4. The van der Waals surface area contributed by atoms with E-state index < -0.39 is 0 Å². The van der Waals surface area contributed by atoms with Crippen LogP contribution in [0.3, 0.4) is 0 Å². The summed E-state index contributed by atoms with van der Waals surface area (Å²) in [7, 11) is 0. The smallest absolute Gasteiger partial charge is 0.216 e. The zero-order valence-electron chi connectivity index (χ0n) is 22.5. The van der Waals surface area contributed by atoms with Gasteiger partial charge in [-0.15, -0.1) is 0 Å². The van der Waals surface area contributed by atoms with E-state index in [9.17, 15) is 9.90 Å². The lowest BCUT2D eigenvalue weighted by Crippen LogP contribution is -2.68. The van der Waals surface area contributed by atoms with Gasteiger partial charge in [0.05, 0.1) is 18.3 Å². The third-order valence-electron chi connectivity index (χ3n) is 13.0. The molecule has 192 valence electrons. The first-order valence-corrected chi connectivity index (χ1v) is 14.3. The second kappa shape index (κ2) is 7.22. The van der Waals surface area contributed by atoms with E-state index in [2.05, 4.69) is 44.8 Å². The molecule has 0 aromatic rings. The Kier molecular flexibility index (Phi) is 5.04. The molecule has 2 N–H and O–H groups in total. The van der Waals surface area contributed by atoms with Gasteiger partial charge in [0.1, 0.15) is 0 Å². The van der Waals surface area contributed by atoms with Crippen molar-refractivity contribution in [2.75, 3.05) is 13.1 Å². The van der Waals surface area contributed by atoms with E-state index in [0.717, 1.165) is 38.3 Å². The van der Waals surface area contributed by atoms with E-state index in [1.165, 1.54) is 38.5 Å². The highest BCUT2D eigenvalue weighted by molar-refractivity contribution is 5.72. The minimum atomic E-state index is -0.199. The van der Waals surface area contributed by atoms with Crippen molar-refractivity contribution in [3.05, 3.63) is 0 Å². The minimum Gasteiger partial charge on any atom is -0.391 e. The molecule has 0 bridgehead atoms. The Balaban J connectivity index is 1.27. The summed E-state index contributed by atoms with van der Waals surface area (Å²) in [6.45, 7) is 15.8. The van der Waals surface area contributed by atoms with Crippen LogP contribution in [0.25, 0.3) is 0 Å². The summed E-state index contributed by atoms with van der Waals surface area (Å²) >= 11 is 0. The van der Waals surface area contributed by atoms with Gasteiger partial charge in [0.25, 0.3) is 0 Å². The first-order chi connectivity index (χ1) is 15.9. The Hall–Kier alpha value is -0.650. The molecule has 3 unspecified atom stereocenters. The summed E-state index contributed by atoms with van der Waals surface area (Å²) in [5.41, 5.74) is 1.38. The predicted octanol–water partition coefficient (Wildman–Crippen LogP) is 4.52. The van der Waals surface area contributed by atoms with Gasteiger partial charge in [0.2, 0.25) is 5.91 Å². The van der Waals surface area contributed by atoms with Crippen LogP contribution in [0.5, 0.6) is 0 Å². The van der Waals surface area contributed by atoms with Crippen LogP contribution in [0, 0.1) is 34.0 Å². The van der Waals surface area contributed by atoms with Crippen LogP contribution >= 0.6 is 0 Å². The minimum absolute atomic E-state index is 0.0575. The molecule has 10 atom stereocenters. The summed E-state index contributed by atoms with van der Waals surface area (Å²) in [5.74, 6) is 2.17. The molecule has 6 aliphatic rings. The van der Waals surface area contributed by atoms with E-state index in [0.29, 0.717) is 39.7 Å². The van der Waals surface area contributed by atoms with Crippen molar-refractivity contribution in [1.82, 2.24) is 10.2 Å². The molecule has 6 rings (SSSR count). The number of piperidine rings is 2. The topological polar surface area (TPSA) is 61.8 Å². The van der Waals surface area contributed by atoms with Crippen molar-refractivity contribution < 1.29 is 14.6 Å². The third kappa shape index (κ3) is 2.76. The highest BCUT2D eigenvalue weighted by Crippen LogP contribution is 2.83. The van der Waals surface area contributed by atoms with E-state index in [4.69, 9.17) is 4.74 Å². The molecule has 3 saturated heterocycles. The van der Waals surface area contributed by atoms with Gasteiger partial charge < -0.3 is 15.2 Å². The highest BCUT2D eigenvalue weighted by atomic mass is 16.5. The molecule has 3 heterocycles. The number of aliphatic hydroxyl groups excluding tert-OH is 1. The zero-order chi connectivity index (χ0) is 24.3. The Morgan fingerprint density at radius 2 is 1.88 bits per heavy atom. The average Bonchev–Trinajstić information content (AvgIpc) is 3.35. The summed E-state index contributed by atoms with van der Waals surface area (Å²) in [4.78, 5) is 14.1. The number of nitrogens with one attached hydrogen (secondary N) is 1. The van der Waals surface area contributed by atoms with Gasteiger partial charge in [-0.3, -0.25) is 9.69 Å². The number of carbonyl (C=O) groups excluding carboxylic acids is 1. The average molecular weight is 473 g/mol. The molecule has 5 nitrogen and oxygen atoms in total. The monoisotopic (exact) mass is 472 g/mol. The number of ether oxygens (including phenoxy) is 1. The SMILES string of the molecule is CC(=O)NCCC1C[C@@H](C)C2C(C[C@@]3(C)[C@@H]4CCN5C(C)(C)[C@@H](O)CC[C@@]56C[C@@]46CC[C@]23C)O1. The van der Waals surface area contributed by atoms with E-state index in [1.54, 1.807) is 6.92 Å². The first kappa shape index (κ1) is 23.7. The molecule has 0 aromatic carbocycles. The second-order valence-electron chi connectivity index (χ2n) is 14.4. The van der Waals surface area contributed by atoms with Crippen molar-refractivity contribution in [2.45, 2.75) is 129 Å². The summed E-state index contributed by atoms with van der Waals surface area (Å²) in [6, 6.07) is 0. The van der Waals surface area contributed by atoms with Gasteiger partial charge in [0.15, 0.2) is 0 Å². The molecular weight excluding hydrogens is 424 g/mol. The van der Waals surface area contributed by atoms with E-state index in [-0.39, 0.29) is 23.7 Å². The van der Waals surface area contributed by atoms with Crippen molar-refractivity contribution in [1.29, 1.82) is 0 Å². The molecule has 0 radical (unpaired) electrons. The number of hydrogen-bond acceptors (Lipinski definition) is 4. The van der Waals surface area contributed by atoms with Gasteiger partial charge in [-0.1, -0.05) is 20.8 Å². The Labute approximate surface area is 206 Å². The molecular formula is C29H48N2O3. The normalized spacial score (nSPS) is 55.3. The highest BCUT2D eigenvalue weighted by Gasteiger charge is 2.83. The van der Waals surface area contributed by atoms with E-state index >= 15 is 0 Å². The molecule has 6 fully saturated rings. The Morgan fingerprint density at radius 1 is 1.12 bits per heavy atom. The van der Waals surface area contributed by atoms with Crippen LogP contribution < -0.4 is 5.32 Å². The van der Waals surface area contributed by atoms with Crippen molar-refractivity contribution >= 4 is 5.91 Å². The van der Waals surface area contributed by atoms with Crippen LogP contribution in [-0.4, -0.2) is 58.4 Å². The quantitative estimate of drug-likeness (QED) is 0.634. The summed E-state index contributed by atoms with van der Waals surface area (Å²) in [5, 5.41) is 13.8. The van der Waals surface area contributed by atoms with Gasteiger partial charge >= 0.3 is 0 Å². The molecule has 3 saturated carbocycles. The lowest BCUT2D eigenvalue weighted by atomic mass is 9.45. The maximum Gasteiger partial charge on any atom is 0.216 e. The van der Waals surface area contributed by atoms with Gasteiger partial charge in [-0.05, 0) is 112 Å². The molecule has 2 spiro atoms. The third-order valence-corrected chi connectivity index (χ3v) is 13.0. The number of amides is 1. The first-order valence-electron chi connectivity index (χ1n) is 14.3. The van der Waals surface area contributed by atoms with Gasteiger partial charge in [0, 0.05) is 24.5 Å². The fourth-order valence-electron chi connectivity index (χ4n) is 11.3. The van der Waals surface area contributed by atoms with E-state index in [1.807, 2.05) is 0 Å². The lowest BCUT2D eigenvalue weighted by molar-refractivity contribution is -0.173. The predicted molar refractivity (Wildman–Crippen MR) is 133 cm³/mol. The number of nitrogens with zero attached hydrogens (tertiary/aromatic N) is 1. The molecule has 3 aliphatic heterocycles. The number of rotatable bonds is 3. The van der Waals surface area contributed by atoms with Gasteiger partial charge in [-0.2, -0.15) is 0 Å². The molecule has 0 aromatic heterocycles. The maximum absolute atomic E-state index is 11.3. The maximum atomic E-state index is 11.3. The number of carbonyl (C=O) groups is 1. The number of hydrogen-bond donors (Lipinski definition) is 2. The number of aliphatic hydroxyl groups is 1. The van der Waals surface area contributed by atoms with Crippen LogP contribution in [0.1, 0.15) is 99.3 Å². The molecule has 1 amide bonds. The van der Waals surface area contributed by atoms with Gasteiger partial charge in [-0.25, -0.2) is 0 Å². The number of fused-ring (bicyclic) bond motifs is 4. The zero-order valence-corrected chi connectivity index (χ0v) is 22.5. The fourth-order valence-corrected chi connectivity index (χ4v) is 11.3. The van der Waals surface area contributed by atoms with Crippen molar-refractivity contribution in [3.8, 4) is 0 Å². The van der Waals surface area contributed by atoms with Crippen molar-refractivity contribution in [2.24, 2.45) is 34.0 Å². The largest absolute Gasteiger partial charge is 0.391 e. The molecule has 5 heteroatoms. The molecule has 3 aliphatic carbocycles. The van der Waals surface area contributed by atoms with Crippen LogP contribution in [0.15, 0.2) is 0 Å². The summed E-state index contributed by atoms with van der Waals surface area (Å²) < 4.78 is 6.87. The van der Waals surface area contributed by atoms with Crippen molar-refractivity contribution in [3.63, 3.8) is 0 Å². The lowest BCUT2D eigenvalue weighted by Gasteiger charge is -2.64. The van der Waals surface area contributed by atoms with Crippen LogP contribution in [-0.2, 0) is 9.53 Å².